The van der Waals surface area contributed by atoms with Crippen LogP contribution >= 0.6 is 0 Å². The number of carbonyl (C=O) groups excluding carboxylic acids is 1. The van der Waals surface area contributed by atoms with Crippen LogP contribution in [0.2, 0.25) is 0 Å². The number of aryl methyl sites for hydroxylation is 1. The highest BCUT2D eigenvalue weighted by molar-refractivity contribution is 5.96. The van der Waals surface area contributed by atoms with Crippen molar-refractivity contribution >= 4 is 41.0 Å². The zero-order chi connectivity index (χ0) is 32.6. The van der Waals surface area contributed by atoms with Gasteiger partial charge in [0.1, 0.15) is 11.9 Å². The first kappa shape index (κ1) is 36.1. The van der Waals surface area contributed by atoms with Gasteiger partial charge in [-0.3, -0.25) is 4.79 Å². The highest BCUT2D eigenvalue weighted by Crippen LogP contribution is 2.19. The van der Waals surface area contributed by atoms with Crippen LogP contribution in [0.4, 0.5) is 49.5 Å². The number of halogens is 6. The number of rotatable bonds is 9. The second-order valence-corrected chi connectivity index (χ2v) is 8.31. The van der Waals surface area contributed by atoms with E-state index in [2.05, 4.69) is 25.9 Å². The molecule has 0 fully saturated rings. The molecule has 0 aliphatic heterocycles. The maximum absolute atomic E-state index is 12.8. The normalized spacial score (nSPS) is 11.4. The molecule has 0 bridgehead atoms. The number of nitrogens with zero attached hydrogens (tertiary/aromatic N) is 2. The number of aliphatic carboxylic acids is 2. The fourth-order valence-corrected chi connectivity index (χ4v) is 2.81. The molecule has 0 aliphatic carbocycles. The Morgan fingerprint density at radius 2 is 1.33 bits per heavy atom. The van der Waals surface area contributed by atoms with Crippen LogP contribution in [0.1, 0.15) is 18.4 Å². The number of hydrogen-bond donors (Lipinski definition) is 6. The number of carboxylic acids is 2. The van der Waals surface area contributed by atoms with Crippen LogP contribution in [-0.4, -0.2) is 63.0 Å². The Kier molecular flexibility index (Phi) is 14.4. The van der Waals surface area contributed by atoms with E-state index < -0.39 is 30.3 Å². The molecule has 0 unspecified atom stereocenters. The zero-order valence-corrected chi connectivity index (χ0v) is 22.4. The minimum absolute atomic E-state index is 0.125. The molecular formula is C26H28F6N6O5. The average molecular weight is 619 g/mol. The summed E-state index contributed by atoms with van der Waals surface area (Å²) in [5.74, 6) is -4.56. The molecule has 11 nitrogen and oxygen atoms in total. The lowest BCUT2D eigenvalue weighted by Crippen LogP contribution is -2.35. The fraction of sp³-hybridized carbons (Fsp3) is 0.269. The Labute approximate surface area is 241 Å². The van der Waals surface area contributed by atoms with Gasteiger partial charge in [0.25, 0.3) is 0 Å². The van der Waals surface area contributed by atoms with E-state index in [1.165, 1.54) is 0 Å². The first-order chi connectivity index (χ1) is 20.0. The smallest absolute Gasteiger partial charge is 0.475 e. The van der Waals surface area contributed by atoms with Crippen molar-refractivity contribution in [2.75, 3.05) is 22.5 Å². The Morgan fingerprint density at radius 1 is 0.860 bits per heavy atom. The van der Waals surface area contributed by atoms with Crippen molar-refractivity contribution in [1.29, 1.82) is 0 Å². The molecule has 17 heteroatoms. The summed E-state index contributed by atoms with van der Waals surface area (Å²) in [6.45, 7) is 2.42. The molecule has 3 aromatic rings. The van der Waals surface area contributed by atoms with Gasteiger partial charge in [-0.15, -0.1) is 0 Å². The third kappa shape index (κ3) is 14.5. The summed E-state index contributed by atoms with van der Waals surface area (Å²) in [5.41, 5.74) is 8.17. The molecule has 1 aromatic heterocycles. The monoisotopic (exact) mass is 618 g/mol. The summed E-state index contributed by atoms with van der Waals surface area (Å²) in [4.78, 5) is 39.5. The van der Waals surface area contributed by atoms with E-state index in [0.29, 0.717) is 24.7 Å². The number of benzene rings is 2. The maximum atomic E-state index is 12.8. The lowest BCUT2D eigenvalue weighted by Gasteiger charge is -2.20. The van der Waals surface area contributed by atoms with E-state index in [-0.39, 0.29) is 5.91 Å². The number of hydrogen-bond acceptors (Lipinski definition) is 8. The summed E-state index contributed by atoms with van der Waals surface area (Å²) in [6, 6.07) is 18.6. The number of anilines is 4. The van der Waals surface area contributed by atoms with E-state index in [1.807, 2.05) is 67.6 Å². The van der Waals surface area contributed by atoms with Crippen LogP contribution < -0.4 is 21.7 Å². The summed E-state index contributed by atoms with van der Waals surface area (Å²) in [5, 5.41) is 23.6. The Morgan fingerprint density at radius 3 is 1.77 bits per heavy atom. The zero-order valence-electron chi connectivity index (χ0n) is 22.4. The van der Waals surface area contributed by atoms with Crippen molar-refractivity contribution in [2.45, 2.75) is 38.2 Å². The summed E-state index contributed by atoms with van der Waals surface area (Å²) in [6.07, 6.45) is -7.12. The second kappa shape index (κ2) is 17.1. The standard InChI is InChI=1S/C22H26N6O.2C2HF3O2/c1-16-15-24-22(26-18-11-6-3-7-12-18)28-20(16)27-19(13-8-14-23)21(29)25-17-9-4-2-5-10-17;2*3-2(4,5)1(6)7/h2-7,9-12,15,19H,8,13-14,23H2,1H3,(H,25,29)(H2,24,26,27,28);2*(H,6,7)/t19-;;/m0../s1. The van der Waals surface area contributed by atoms with Crippen LogP contribution in [0.3, 0.4) is 0 Å². The molecule has 0 radical (unpaired) electrons. The van der Waals surface area contributed by atoms with E-state index in [9.17, 15) is 31.1 Å². The van der Waals surface area contributed by atoms with Gasteiger partial charge in [-0.1, -0.05) is 36.4 Å². The highest BCUT2D eigenvalue weighted by atomic mass is 19.4. The van der Waals surface area contributed by atoms with Crippen molar-refractivity contribution in [3.63, 3.8) is 0 Å². The van der Waals surface area contributed by atoms with E-state index in [0.717, 1.165) is 23.4 Å². The van der Waals surface area contributed by atoms with Crippen molar-refractivity contribution < 1.29 is 50.9 Å². The third-order valence-corrected chi connectivity index (χ3v) is 4.85. The molecule has 43 heavy (non-hydrogen) atoms. The molecule has 3 rings (SSSR count). The Hall–Kier alpha value is -4.93. The van der Waals surface area contributed by atoms with Crippen LogP contribution in [0, 0.1) is 6.92 Å². The van der Waals surface area contributed by atoms with Gasteiger partial charge in [0.2, 0.25) is 11.9 Å². The number of carboxylic acid groups (broad SMARTS) is 2. The molecule has 7 N–H and O–H groups in total. The minimum atomic E-state index is -5.08. The Bertz CT molecular complexity index is 1290. The quantitative estimate of drug-likeness (QED) is 0.180. The summed E-state index contributed by atoms with van der Waals surface area (Å²) >= 11 is 0. The van der Waals surface area contributed by atoms with Gasteiger partial charge in [0, 0.05) is 23.1 Å². The summed E-state index contributed by atoms with van der Waals surface area (Å²) in [7, 11) is 0. The van der Waals surface area contributed by atoms with E-state index in [4.69, 9.17) is 25.5 Å². The van der Waals surface area contributed by atoms with Gasteiger partial charge in [-0.25, -0.2) is 14.6 Å². The van der Waals surface area contributed by atoms with Gasteiger partial charge in [0.05, 0.1) is 0 Å². The molecule has 0 spiro atoms. The lowest BCUT2D eigenvalue weighted by molar-refractivity contribution is -0.193. The summed E-state index contributed by atoms with van der Waals surface area (Å²) < 4.78 is 63.5. The van der Waals surface area contributed by atoms with Crippen LogP contribution in [0.25, 0.3) is 0 Å². The van der Waals surface area contributed by atoms with Crippen LogP contribution in [-0.2, 0) is 14.4 Å². The van der Waals surface area contributed by atoms with E-state index >= 15 is 0 Å². The van der Waals surface area contributed by atoms with Crippen LogP contribution in [0.15, 0.2) is 66.9 Å². The average Bonchev–Trinajstić information content (AvgIpc) is 2.93. The van der Waals surface area contributed by atoms with E-state index in [1.54, 1.807) is 6.20 Å². The van der Waals surface area contributed by atoms with Crippen molar-refractivity contribution in [2.24, 2.45) is 5.73 Å². The van der Waals surface area contributed by atoms with Crippen LogP contribution in [0.5, 0.6) is 0 Å². The Balaban J connectivity index is 0.000000548. The molecule has 0 saturated carbocycles. The molecule has 0 saturated heterocycles. The highest BCUT2D eigenvalue weighted by Gasteiger charge is 2.38. The fourth-order valence-electron chi connectivity index (χ4n) is 2.81. The SMILES string of the molecule is Cc1cnc(Nc2ccccc2)nc1N[C@@H](CCCN)C(=O)Nc1ccccc1.O=C(O)C(F)(F)F.O=C(O)C(F)(F)F. The van der Waals surface area contributed by atoms with Crippen molar-refractivity contribution in [1.82, 2.24) is 9.97 Å². The first-order valence-electron chi connectivity index (χ1n) is 12.1. The number of alkyl halides is 6. The molecule has 1 atom stereocenters. The molecule has 1 heterocycles. The maximum Gasteiger partial charge on any atom is 0.490 e. The van der Waals surface area contributed by atoms with Gasteiger partial charge < -0.3 is 31.9 Å². The molecule has 2 aromatic carbocycles. The predicted octanol–water partition coefficient (Wildman–Crippen LogP) is 4.95. The predicted molar refractivity (Wildman–Crippen MR) is 145 cm³/mol. The minimum Gasteiger partial charge on any atom is -0.475 e. The number of carbonyl (C=O) groups is 3. The number of para-hydroxylation sites is 2. The molecule has 0 aliphatic rings. The lowest BCUT2D eigenvalue weighted by atomic mass is 10.1. The van der Waals surface area contributed by atoms with Crippen molar-refractivity contribution in [3.05, 3.63) is 72.4 Å². The topological polar surface area (TPSA) is 180 Å². The largest absolute Gasteiger partial charge is 0.490 e. The molecule has 1 amide bonds. The van der Waals surface area contributed by atoms with Gasteiger partial charge in [0.15, 0.2) is 0 Å². The van der Waals surface area contributed by atoms with Gasteiger partial charge in [-0.2, -0.15) is 31.3 Å². The van der Waals surface area contributed by atoms with Crippen molar-refractivity contribution in [3.8, 4) is 0 Å². The number of aromatic nitrogens is 2. The third-order valence-electron chi connectivity index (χ3n) is 4.85. The molecule has 234 valence electrons. The number of nitrogens with two attached hydrogens (primary N) is 1. The number of amides is 1. The first-order valence-corrected chi connectivity index (χ1v) is 12.1. The van der Waals surface area contributed by atoms with Gasteiger partial charge >= 0.3 is 24.3 Å². The number of nitrogens with one attached hydrogen (secondary N) is 3. The molecular weight excluding hydrogens is 590 g/mol. The van der Waals surface area contributed by atoms with Gasteiger partial charge in [-0.05, 0) is 50.6 Å². The second-order valence-electron chi connectivity index (χ2n) is 8.31.